The van der Waals surface area contributed by atoms with E-state index in [1.54, 1.807) is 20.8 Å². The van der Waals surface area contributed by atoms with Crippen LogP contribution in [-0.4, -0.2) is 49.5 Å². The molecule has 1 saturated heterocycles. The molecule has 5 rings (SSSR count). The lowest BCUT2D eigenvalue weighted by molar-refractivity contribution is 0.00578. The molecule has 2 N–H and O–H groups in total. The number of nitrogens with one attached hydrogen (secondary N) is 2. The van der Waals surface area contributed by atoms with E-state index < -0.39 is 51.3 Å². The van der Waals surface area contributed by atoms with Gasteiger partial charge in [-0.05, 0) is 79.2 Å². The second-order valence-electron chi connectivity index (χ2n) is 12.8. The van der Waals surface area contributed by atoms with Crippen LogP contribution in [0.1, 0.15) is 85.1 Å². The number of halogens is 1. The van der Waals surface area contributed by atoms with Crippen LogP contribution in [0.2, 0.25) is 0 Å². The maximum atomic E-state index is 13.2. The van der Waals surface area contributed by atoms with Gasteiger partial charge in [-0.2, -0.15) is 0 Å². The normalized spacial score (nSPS) is 21.7. The third kappa shape index (κ3) is 6.52. The molecule has 41 heavy (non-hydrogen) atoms. The number of hydrogen-bond acceptors (Lipinski definition) is 8. The Kier molecular flexibility index (Phi) is 7.92. The molecule has 2 aromatic rings. The van der Waals surface area contributed by atoms with E-state index in [2.05, 4.69) is 15.0 Å². The van der Waals surface area contributed by atoms with E-state index in [1.807, 2.05) is 52.0 Å². The molecule has 0 radical (unpaired) electrons. The number of rotatable bonds is 6. The van der Waals surface area contributed by atoms with Crippen LogP contribution < -0.4 is 15.5 Å². The quantitative estimate of drug-likeness (QED) is 0.412. The molecule has 2 fully saturated rings. The van der Waals surface area contributed by atoms with Crippen molar-refractivity contribution in [2.75, 3.05) is 0 Å². The Bertz CT molecular complexity index is 1520. The smallest absolute Gasteiger partial charge is 0.444 e. The molecule has 1 aromatic carbocycles. The van der Waals surface area contributed by atoms with Crippen molar-refractivity contribution in [1.82, 2.24) is 10.0 Å². The Morgan fingerprint density at radius 2 is 1.83 bits per heavy atom. The van der Waals surface area contributed by atoms with Crippen LogP contribution in [-0.2, 0) is 24.1 Å². The van der Waals surface area contributed by atoms with Crippen LogP contribution in [0.3, 0.4) is 0 Å². The highest BCUT2D eigenvalue weighted by Gasteiger charge is 2.52. The molecule has 222 valence electrons. The lowest BCUT2D eigenvalue weighted by Crippen LogP contribution is -2.41. The third-order valence-electron chi connectivity index (χ3n) is 7.66. The van der Waals surface area contributed by atoms with Crippen molar-refractivity contribution in [3.05, 3.63) is 39.9 Å². The molecule has 1 saturated carbocycles. The van der Waals surface area contributed by atoms with Crippen molar-refractivity contribution in [3.8, 4) is 0 Å². The minimum Gasteiger partial charge on any atom is -0.444 e. The molecule has 1 aliphatic carbocycles. The Hall–Kier alpha value is -1.96. The Morgan fingerprint density at radius 3 is 2.44 bits per heavy atom. The minimum absolute atomic E-state index is 0.358. The number of ether oxygens (including phenoxy) is 1. The van der Waals surface area contributed by atoms with Crippen LogP contribution in [0.4, 0.5) is 4.79 Å². The van der Waals surface area contributed by atoms with E-state index in [9.17, 15) is 13.2 Å². The highest BCUT2D eigenvalue weighted by Crippen LogP contribution is 2.41. The monoisotopic (exact) mass is 621 g/mol. The van der Waals surface area contributed by atoms with Crippen LogP contribution in [0.5, 0.6) is 0 Å². The maximum Gasteiger partial charge on any atom is 0.496 e. The zero-order valence-electron chi connectivity index (χ0n) is 24.5. The molecular weight excluding hydrogens is 585 g/mol. The van der Waals surface area contributed by atoms with E-state index in [-0.39, 0.29) is 0 Å². The maximum absolute atomic E-state index is 13.2. The summed E-state index contributed by atoms with van der Waals surface area (Å²) in [6.07, 6.45) is 1.39. The molecule has 0 spiro atoms. The fourth-order valence-electron chi connectivity index (χ4n) is 4.64. The highest BCUT2D eigenvalue weighted by atomic mass is 35.5. The van der Waals surface area contributed by atoms with Crippen LogP contribution in [0.15, 0.2) is 40.0 Å². The molecule has 9 nitrogen and oxygen atoms in total. The highest BCUT2D eigenvalue weighted by molar-refractivity contribution is 7.90. The predicted octanol–water partition coefficient (Wildman–Crippen LogP) is 5.49. The number of allylic oxidation sites excluding steroid dienone is 1. The number of carbonyl (C=O) groups excluding carboxylic acids is 1. The first-order chi connectivity index (χ1) is 19.0. The summed E-state index contributed by atoms with van der Waals surface area (Å²) in [4.78, 5) is 17.8. The zero-order valence-corrected chi connectivity index (χ0v) is 26.8. The average Bonchev–Trinajstić information content (AvgIpc) is 3.57. The number of amides is 1. The largest absolute Gasteiger partial charge is 0.496 e. The molecule has 3 aliphatic rings. The van der Waals surface area contributed by atoms with Crippen LogP contribution >= 0.6 is 22.9 Å². The first-order valence-electron chi connectivity index (χ1n) is 13.8. The number of fused-ring (bicyclic) bond motifs is 1. The SMILES string of the molecule is CC(C)(C)OC(=O)NC1=NC(C(NS(=O)(=O)C2CC2)c2cc3cccc(B4OC(C)(C)C(C)(C)O4)c3s2)=C(Cl)CC1. The van der Waals surface area contributed by atoms with Gasteiger partial charge in [-0.1, -0.05) is 29.8 Å². The van der Waals surface area contributed by atoms with Crippen molar-refractivity contribution < 1.29 is 27.3 Å². The second kappa shape index (κ2) is 10.6. The summed E-state index contributed by atoms with van der Waals surface area (Å²) in [5.74, 6) is 0.369. The second-order valence-corrected chi connectivity index (χ2v) is 16.3. The van der Waals surface area contributed by atoms with Gasteiger partial charge >= 0.3 is 13.2 Å². The minimum atomic E-state index is -3.63. The first-order valence-corrected chi connectivity index (χ1v) is 16.6. The summed E-state index contributed by atoms with van der Waals surface area (Å²) >= 11 is 8.16. The van der Waals surface area contributed by atoms with Gasteiger partial charge in [0.1, 0.15) is 11.4 Å². The number of benzene rings is 1. The number of carbonyl (C=O) groups is 1. The van der Waals surface area contributed by atoms with Gasteiger partial charge in [0.25, 0.3) is 0 Å². The van der Waals surface area contributed by atoms with E-state index in [0.717, 1.165) is 20.4 Å². The standard InChI is InChI=1S/C28H37BClN3O6S2/c1-26(2,3)37-25(34)32-21-14-13-19(30)22(31-21)23(33-41(35,36)17-11-12-17)20-15-16-9-8-10-18(24(16)40-20)29-38-27(4,5)28(6,7)39-29/h8-10,15,17,23,33H,11-14H2,1-7H3,(H,31,32,34). The summed E-state index contributed by atoms with van der Waals surface area (Å²) in [7, 11) is -4.20. The van der Waals surface area contributed by atoms with Crippen LogP contribution in [0, 0.1) is 0 Å². The summed E-state index contributed by atoms with van der Waals surface area (Å²) in [6.45, 7) is 13.4. The molecule has 13 heteroatoms. The van der Waals surface area contributed by atoms with Gasteiger partial charge in [0, 0.05) is 26.5 Å². The zero-order chi connectivity index (χ0) is 30.0. The molecule has 0 bridgehead atoms. The van der Waals surface area contributed by atoms with Gasteiger partial charge in [0.15, 0.2) is 0 Å². The molecule has 1 amide bonds. The topological polar surface area (TPSA) is 115 Å². The number of aliphatic imine (C=N–C) groups is 1. The molecular formula is C28H37BClN3O6S2. The lowest BCUT2D eigenvalue weighted by Gasteiger charge is -2.32. The van der Waals surface area contributed by atoms with Crippen molar-refractivity contribution in [3.63, 3.8) is 0 Å². The number of amidine groups is 1. The fourth-order valence-corrected chi connectivity index (χ4v) is 7.72. The number of hydrogen-bond donors (Lipinski definition) is 2. The van der Waals surface area contributed by atoms with E-state index >= 15 is 0 Å². The number of nitrogens with zero attached hydrogens (tertiary/aromatic N) is 1. The number of sulfonamides is 1. The summed E-state index contributed by atoms with van der Waals surface area (Å²) in [5, 5.41) is 3.63. The van der Waals surface area contributed by atoms with Gasteiger partial charge in [0.05, 0.1) is 28.2 Å². The lowest BCUT2D eigenvalue weighted by atomic mass is 9.78. The average molecular weight is 622 g/mol. The van der Waals surface area contributed by atoms with Crippen LogP contribution in [0.25, 0.3) is 10.1 Å². The van der Waals surface area contributed by atoms with E-state index in [0.29, 0.717) is 42.2 Å². The van der Waals surface area contributed by atoms with Crippen molar-refractivity contribution >= 4 is 67.6 Å². The molecule has 1 unspecified atom stereocenters. The summed E-state index contributed by atoms with van der Waals surface area (Å²) in [6, 6.07) is 7.01. The van der Waals surface area contributed by atoms with Crippen molar-refractivity contribution in [2.24, 2.45) is 4.99 Å². The van der Waals surface area contributed by atoms with Gasteiger partial charge < -0.3 is 14.0 Å². The van der Waals surface area contributed by atoms with Gasteiger partial charge in [0.2, 0.25) is 10.0 Å². The third-order valence-corrected chi connectivity index (χ3v) is 11.2. The van der Waals surface area contributed by atoms with E-state index in [1.165, 1.54) is 11.3 Å². The Labute approximate surface area is 251 Å². The predicted molar refractivity (Wildman–Crippen MR) is 164 cm³/mol. The van der Waals surface area contributed by atoms with Gasteiger partial charge in [-0.3, -0.25) is 5.32 Å². The molecule has 1 atom stereocenters. The summed E-state index contributed by atoms with van der Waals surface area (Å²) < 4.78 is 48.3. The van der Waals surface area contributed by atoms with Gasteiger partial charge in [-0.15, -0.1) is 11.3 Å². The van der Waals surface area contributed by atoms with Gasteiger partial charge in [-0.25, -0.2) is 22.9 Å². The fraction of sp³-hybridized carbons (Fsp3) is 0.571. The van der Waals surface area contributed by atoms with Crippen molar-refractivity contribution in [2.45, 2.75) is 102 Å². The molecule has 3 heterocycles. The molecule has 1 aromatic heterocycles. The van der Waals surface area contributed by atoms with E-state index in [4.69, 9.17) is 25.6 Å². The number of thiophene rings is 1. The Morgan fingerprint density at radius 1 is 1.17 bits per heavy atom. The first kappa shape index (κ1) is 30.5. The molecule has 2 aliphatic heterocycles. The Balaban J connectivity index is 1.53. The number of alkyl carbamates (subject to hydrolysis) is 1. The summed E-state index contributed by atoms with van der Waals surface area (Å²) in [5.41, 5.74) is -0.452. The van der Waals surface area contributed by atoms with Crippen molar-refractivity contribution in [1.29, 1.82) is 0 Å².